The number of nitrogens with zero attached hydrogens (tertiary/aromatic N) is 1. The number of rotatable bonds is 21. The molecule has 0 radical (unpaired) electrons. The van der Waals surface area contributed by atoms with Crippen molar-refractivity contribution in [3.8, 4) is 0 Å². The van der Waals surface area contributed by atoms with Gasteiger partial charge in [-0.25, -0.2) is 0 Å². The summed E-state index contributed by atoms with van der Waals surface area (Å²) >= 11 is 0. The summed E-state index contributed by atoms with van der Waals surface area (Å²) in [6.07, 6.45) is 5.58. The van der Waals surface area contributed by atoms with E-state index in [4.69, 9.17) is 4.74 Å². The van der Waals surface area contributed by atoms with Gasteiger partial charge in [-0.15, -0.1) is 0 Å². The number of methoxy groups -OCH3 is 1. The Bertz CT molecular complexity index is 850. The zero-order valence-electron chi connectivity index (χ0n) is 25.9. The van der Waals surface area contributed by atoms with Gasteiger partial charge in [0, 0.05) is 32.7 Å². The molecule has 0 saturated carbocycles. The molecule has 0 bridgehead atoms. The highest BCUT2D eigenvalue weighted by Crippen LogP contribution is 2.25. The maximum atomic E-state index is 13.0. The number of aliphatic hydroxyl groups is 1. The fraction of sp³-hybridized carbons (Fsp3) is 0.719. The Hall–Kier alpha value is -2.45. The van der Waals surface area contributed by atoms with Crippen molar-refractivity contribution in [3.05, 3.63) is 35.9 Å². The van der Waals surface area contributed by atoms with Crippen LogP contribution in [0.15, 0.2) is 30.3 Å². The summed E-state index contributed by atoms with van der Waals surface area (Å²) < 4.78 is 5.90. The first kappa shape index (κ1) is 35.6. The molecule has 6 atom stereocenters. The number of nitrogens with one attached hydrogen (secondary N) is 2. The van der Waals surface area contributed by atoms with E-state index in [0.29, 0.717) is 19.4 Å². The SMILES string of the molecule is CCC(C)C(C(CCCC[C@@H](CC(C)C(=O)NCCc1ccccc1)NC=O)OC)N(C)C(=O)CC(O)C(C)C. The first-order valence-corrected chi connectivity index (χ1v) is 15.0. The number of benzene rings is 1. The van der Waals surface area contributed by atoms with Crippen LogP contribution in [0, 0.1) is 17.8 Å². The van der Waals surface area contributed by atoms with Crippen LogP contribution in [-0.2, 0) is 25.5 Å². The van der Waals surface area contributed by atoms with Crippen molar-refractivity contribution in [1.29, 1.82) is 0 Å². The Morgan fingerprint density at radius 2 is 1.73 bits per heavy atom. The third-order valence-electron chi connectivity index (χ3n) is 8.14. The number of likely N-dealkylation sites (N-methyl/N-ethyl adjacent to an activating group) is 1. The molecular formula is C32H55N3O5. The summed E-state index contributed by atoms with van der Waals surface area (Å²) in [4.78, 5) is 38.6. The first-order chi connectivity index (χ1) is 19.0. The van der Waals surface area contributed by atoms with E-state index in [1.807, 2.05) is 58.2 Å². The second-order valence-corrected chi connectivity index (χ2v) is 11.6. The summed E-state index contributed by atoms with van der Waals surface area (Å²) in [5, 5.41) is 16.1. The summed E-state index contributed by atoms with van der Waals surface area (Å²) in [5.74, 6) is -0.0235. The number of ether oxygens (including phenoxy) is 1. The average molecular weight is 562 g/mol. The zero-order chi connectivity index (χ0) is 30.1. The van der Waals surface area contributed by atoms with Crippen LogP contribution in [0.3, 0.4) is 0 Å². The van der Waals surface area contributed by atoms with Crippen molar-refractivity contribution in [2.45, 2.75) is 110 Å². The minimum atomic E-state index is -0.663. The van der Waals surface area contributed by atoms with E-state index in [1.165, 1.54) is 5.56 Å². The van der Waals surface area contributed by atoms with Gasteiger partial charge in [-0.2, -0.15) is 0 Å². The molecule has 0 saturated heterocycles. The molecule has 5 unspecified atom stereocenters. The number of aliphatic hydroxyl groups excluding tert-OH is 1. The molecule has 8 heteroatoms. The zero-order valence-corrected chi connectivity index (χ0v) is 25.9. The maximum absolute atomic E-state index is 13.0. The van der Waals surface area contributed by atoms with Gasteiger partial charge in [-0.05, 0) is 43.1 Å². The van der Waals surface area contributed by atoms with Crippen molar-refractivity contribution in [1.82, 2.24) is 15.5 Å². The van der Waals surface area contributed by atoms with Gasteiger partial charge < -0.3 is 25.4 Å². The van der Waals surface area contributed by atoms with E-state index in [9.17, 15) is 19.5 Å². The number of carbonyl (C=O) groups is 3. The van der Waals surface area contributed by atoms with E-state index >= 15 is 0 Å². The fourth-order valence-corrected chi connectivity index (χ4v) is 5.18. The van der Waals surface area contributed by atoms with Gasteiger partial charge in [0.1, 0.15) is 0 Å². The fourth-order valence-electron chi connectivity index (χ4n) is 5.18. The normalized spacial score (nSPS) is 15.9. The van der Waals surface area contributed by atoms with Crippen molar-refractivity contribution < 1.29 is 24.2 Å². The Morgan fingerprint density at radius 1 is 1.07 bits per heavy atom. The van der Waals surface area contributed by atoms with Crippen molar-refractivity contribution in [2.75, 3.05) is 20.7 Å². The van der Waals surface area contributed by atoms with Gasteiger partial charge in [0.2, 0.25) is 18.2 Å². The van der Waals surface area contributed by atoms with Gasteiger partial charge in [-0.3, -0.25) is 14.4 Å². The quantitative estimate of drug-likeness (QED) is 0.153. The molecule has 0 spiro atoms. The lowest BCUT2D eigenvalue weighted by Gasteiger charge is -2.38. The molecule has 0 aliphatic heterocycles. The molecule has 3 N–H and O–H groups in total. The van der Waals surface area contributed by atoms with Crippen LogP contribution >= 0.6 is 0 Å². The van der Waals surface area contributed by atoms with Gasteiger partial charge in [-0.1, -0.05) is 84.2 Å². The minimum Gasteiger partial charge on any atom is -0.392 e. The molecule has 8 nitrogen and oxygen atoms in total. The summed E-state index contributed by atoms with van der Waals surface area (Å²) in [5.41, 5.74) is 1.18. The van der Waals surface area contributed by atoms with E-state index in [2.05, 4.69) is 24.5 Å². The number of hydrogen-bond donors (Lipinski definition) is 3. The van der Waals surface area contributed by atoms with Crippen LogP contribution < -0.4 is 10.6 Å². The highest BCUT2D eigenvalue weighted by atomic mass is 16.5. The van der Waals surface area contributed by atoms with Crippen LogP contribution in [0.5, 0.6) is 0 Å². The van der Waals surface area contributed by atoms with Crippen molar-refractivity contribution in [2.24, 2.45) is 17.8 Å². The van der Waals surface area contributed by atoms with Gasteiger partial charge in [0.25, 0.3) is 0 Å². The van der Waals surface area contributed by atoms with E-state index in [1.54, 1.807) is 12.0 Å². The lowest BCUT2D eigenvalue weighted by Crippen LogP contribution is -2.50. The predicted octanol–water partition coefficient (Wildman–Crippen LogP) is 4.34. The van der Waals surface area contributed by atoms with Crippen LogP contribution in [-0.4, -0.2) is 73.2 Å². The standard InChI is InChI=1S/C32H55N3O5/c1-8-24(4)31(35(6)30(38)21-28(37)23(2)3)29(40-7)17-13-12-16-27(34-22-36)20-25(5)32(39)33-19-18-26-14-10-9-11-15-26/h9-11,14-15,22-25,27-29,31,37H,8,12-13,16-21H2,1-7H3,(H,33,39)(H,34,36)/t24?,25?,27-,28?,29?,31?/m0/s1. The largest absolute Gasteiger partial charge is 0.392 e. The van der Waals surface area contributed by atoms with Crippen molar-refractivity contribution in [3.63, 3.8) is 0 Å². The average Bonchev–Trinajstić information content (AvgIpc) is 2.94. The summed E-state index contributed by atoms with van der Waals surface area (Å²) in [7, 11) is 3.50. The number of amides is 3. The first-order valence-electron chi connectivity index (χ1n) is 15.0. The van der Waals surface area contributed by atoms with E-state index in [0.717, 1.165) is 38.5 Å². The molecule has 1 aromatic carbocycles. The summed E-state index contributed by atoms with van der Waals surface area (Å²) in [6.45, 7) is 10.6. The Kier molecular flexibility index (Phi) is 17.4. The van der Waals surface area contributed by atoms with Gasteiger partial charge in [0.15, 0.2) is 0 Å². The molecule has 228 valence electrons. The Morgan fingerprint density at radius 3 is 2.30 bits per heavy atom. The van der Waals surface area contributed by atoms with Crippen LogP contribution in [0.2, 0.25) is 0 Å². The maximum Gasteiger partial charge on any atom is 0.225 e. The predicted molar refractivity (Wildman–Crippen MR) is 161 cm³/mol. The third kappa shape index (κ3) is 12.8. The molecule has 1 aromatic rings. The Labute approximate surface area is 242 Å². The number of hydrogen-bond acceptors (Lipinski definition) is 5. The second-order valence-electron chi connectivity index (χ2n) is 11.6. The van der Waals surface area contributed by atoms with E-state index < -0.39 is 6.10 Å². The Balaban J connectivity index is 2.61. The second kappa shape index (κ2) is 19.6. The molecule has 0 aliphatic carbocycles. The van der Waals surface area contributed by atoms with Crippen LogP contribution in [0.25, 0.3) is 0 Å². The van der Waals surface area contributed by atoms with Crippen LogP contribution in [0.1, 0.15) is 85.1 Å². The molecular weight excluding hydrogens is 506 g/mol. The minimum absolute atomic E-state index is 0.000221. The molecule has 3 amide bonds. The van der Waals surface area contributed by atoms with E-state index in [-0.39, 0.29) is 54.2 Å². The molecule has 0 fully saturated rings. The number of unbranched alkanes of at least 4 members (excludes halogenated alkanes) is 1. The molecule has 0 aliphatic rings. The summed E-state index contributed by atoms with van der Waals surface area (Å²) in [6, 6.07) is 9.88. The third-order valence-corrected chi connectivity index (χ3v) is 8.14. The molecule has 40 heavy (non-hydrogen) atoms. The van der Waals surface area contributed by atoms with Crippen molar-refractivity contribution >= 4 is 18.2 Å². The number of carbonyl (C=O) groups excluding carboxylic acids is 3. The highest BCUT2D eigenvalue weighted by Gasteiger charge is 2.33. The highest BCUT2D eigenvalue weighted by molar-refractivity contribution is 5.78. The van der Waals surface area contributed by atoms with Gasteiger partial charge in [0.05, 0.1) is 24.7 Å². The smallest absolute Gasteiger partial charge is 0.225 e. The molecule has 0 aromatic heterocycles. The molecule has 1 rings (SSSR count). The lowest BCUT2D eigenvalue weighted by atomic mass is 9.89. The monoisotopic (exact) mass is 561 g/mol. The van der Waals surface area contributed by atoms with Gasteiger partial charge >= 0.3 is 0 Å². The molecule has 0 heterocycles. The van der Waals surface area contributed by atoms with Crippen LogP contribution in [0.4, 0.5) is 0 Å². The topological polar surface area (TPSA) is 108 Å². The lowest BCUT2D eigenvalue weighted by molar-refractivity contribution is -0.139.